The third-order valence-electron chi connectivity index (χ3n) is 2.08. The van der Waals surface area contributed by atoms with Crippen molar-refractivity contribution in [3.63, 3.8) is 0 Å². The van der Waals surface area contributed by atoms with Crippen molar-refractivity contribution in [3.8, 4) is 0 Å². The normalized spacial score (nSPS) is 10.7. The Kier molecular flexibility index (Phi) is 5.07. The Hall–Kier alpha value is -0.450. The first-order valence-corrected chi connectivity index (χ1v) is 6.04. The van der Waals surface area contributed by atoms with Crippen LogP contribution in [0.5, 0.6) is 0 Å². The first-order valence-electron chi connectivity index (χ1n) is 4.75. The maximum Gasteiger partial charge on any atom is 0.0740 e. The average molecular weight is 228 g/mol. The van der Waals surface area contributed by atoms with E-state index in [0.717, 1.165) is 26.1 Å². The summed E-state index contributed by atoms with van der Waals surface area (Å²) in [5, 5.41) is 2.11. The molecule has 0 amide bonds. The Labute approximate surface area is 94.7 Å². The van der Waals surface area contributed by atoms with Crippen molar-refractivity contribution in [3.05, 3.63) is 22.4 Å². The van der Waals surface area contributed by atoms with Crippen molar-refractivity contribution in [1.29, 1.82) is 0 Å². The molecule has 0 aliphatic rings. The number of nitrogens with zero attached hydrogens (tertiary/aromatic N) is 1. The molecule has 1 rings (SSSR count). The van der Waals surface area contributed by atoms with E-state index in [4.69, 9.17) is 18.0 Å². The maximum atomic E-state index is 5.48. The number of thiocarbonyl (C=S) groups is 1. The summed E-state index contributed by atoms with van der Waals surface area (Å²) in [7, 11) is 0. The lowest BCUT2D eigenvalue weighted by atomic mass is 10.3. The largest absolute Gasteiger partial charge is 0.393 e. The second kappa shape index (κ2) is 6.11. The van der Waals surface area contributed by atoms with Crippen LogP contribution in [-0.4, -0.2) is 23.0 Å². The van der Waals surface area contributed by atoms with Crippen LogP contribution in [0.4, 0.5) is 0 Å². The van der Waals surface area contributed by atoms with E-state index >= 15 is 0 Å². The third kappa shape index (κ3) is 4.17. The van der Waals surface area contributed by atoms with Crippen molar-refractivity contribution in [2.24, 2.45) is 5.73 Å². The van der Waals surface area contributed by atoms with Gasteiger partial charge in [0, 0.05) is 24.4 Å². The van der Waals surface area contributed by atoms with Gasteiger partial charge in [0.15, 0.2) is 0 Å². The van der Waals surface area contributed by atoms with Crippen LogP contribution in [0.25, 0.3) is 0 Å². The van der Waals surface area contributed by atoms with Crippen LogP contribution in [0, 0.1) is 0 Å². The number of rotatable bonds is 6. The summed E-state index contributed by atoms with van der Waals surface area (Å²) >= 11 is 6.66. The van der Waals surface area contributed by atoms with Gasteiger partial charge in [-0.1, -0.05) is 25.2 Å². The molecule has 0 spiro atoms. The fraction of sp³-hybridized carbons (Fsp3) is 0.500. The molecule has 2 nitrogen and oxygen atoms in total. The van der Waals surface area contributed by atoms with E-state index in [0.29, 0.717) is 4.99 Å². The van der Waals surface area contributed by atoms with E-state index in [1.807, 2.05) is 0 Å². The van der Waals surface area contributed by atoms with Crippen LogP contribution in [0.1, 0.15) is 18.2 Å². The van der Waals surface area contributed by atoms with Crippen LogP contribution >= 0.6 is 23.6 Å². The van der Waals surface area contributed by atoms with Gasteiger partial charge in [-0.15, -0.1) is 11.3 Å². The molecule has 0 saturated heterocycles. The summed E-state index contributed by atoms with van der Waals surface area (Å²) in [4.78, 5) is 4.36. The van der Waals surface area contributed by atoms with Gasteiger partial charge in [-0.05, 0) is 18.0 Å². The van der Waals surface area contributed by atoms with Crippen LogP contribution in [-0.2, 0) is 6.54 Å². The van der Waals surface area contributed by atoms with Crippen molar-refractivity contribution in [1.82, 2.24) is 4.90 Å². The van der Waals surface area contributed by atoms with Crippen molar-refractivity contribution < 1.29 is 0 Å². The molecule has 0 aromatic carbocycles. The van der Waals surface area contributed by atoms with E-state index in [-0.39, 0.29) is 0 Å². The minimum Gasteiger partial charge on any atom is -0.393 e. The Bertz CT molecular complexity index is 270. The minimum atomic E-state index is 0.606. The molecule has 78 valence electrons. The zero-order valence-corrected chi connectivity index (χ0v) is 10.0. The van der Waals surface area contributed by atoms with Crippen LogP contribution in [0.15, 0.2) is 17.5 Å². The highest BCUT2D eigenvalue weighted by Gasteiger charge is 2.04. The molecular formula is C10H16N2S2. The number of hydrogen-bond donors (Lipinski definition) is 1. The zero-order valence-electron chi connectivity index (χ0n) is 8.40. The lowest BCUT2D eigenvalue weighted by Crippen LogP contribution is -2.26. The predicted octanol–water partition coefficient (Wildman–Crippen LogP) is 2.25. The first-order chi connectivity index (χ1) is 6.72. The van der Waals surface area contributed by atoms with Crippen LogP contribution in [0.2, 0.25) is 0 Å². The highest BCUT2D eigenvalue weighted by atomic mass is 32.1. The summed E-state index contributed by atoms with van der Waals surface area (Å²) in [6, 6.07) is 4.25. The fourth-order valence-electron chi connectivity index (χ4n) is 1.24. The predicted molar refractivity (Wildman–Crippen MR) is 66.7 cm³/mol. The van der Waals surface area contributed by atoms with Gasteiger partial charge in [0.1, 0.15) is 0 Å². The Morgan fingerprint density at radius 2 is 2.43 bits per heavy atom. The van der Waals surface area contributed by atoms with E-state index < -0.39 is 0 Å². The molecule has 1 aromatic heterocycles. The van der Waals surface area contributed by atoms with Gasteiger partial charge in [-0.25, -0.2) is 0 Å². The monoisotopic (exact) mass is 228 g/mol. The minimum absolute atomic E-state index is 0.606. The molecule has 1 heterocycles. The molecule has 0 bridgehead atoms. The fourth-order valence-corrected chi connectivity index (χ4v) is 2.08. The van der Waals surface area contributed by atoms with Gasteiger partial charge in [0.05, 0.1) is 4.99 Å². The Morgan fingerprint density at radius 1 is 1.64 bits per heavy atom. The first kappa shape index (κ1) is 11.6. The lowest BCUT2D eigenvalue weighted by molar-refractivity contribution is 0.291. The van der Waals surface area contributed by atoms with E-state index in [9.17, 15) is 0 Å². The quantitative estimate of drug-likeness (QED) is 0.757. The van der Waals surface area contributed by atoms with E-state index in [1.165, 1.54) is 4.88 Å². The highest BCUT2D eigenvalue weighted by Crippen LogP contribution is 2.11. The van der Waals surface area contributed by atoms with Gasteiger partial charge >= 0.3 is 0 Å². The van der Waals surface area contributed by atoms with Crippen LogP contribution in [0.3, 0.4) is 0 Å². The average Bonchev–Trinajstić information content (AvgIpc) is 2.64. The van der Waals surface area contributed by atoms with Crippen molar-refractivity contribution in [2.75, 3.05) is 13.1 Å². The number of thiophene rings is 1. The molecule has 0 atom stereocenters. The third-order valence-corrected chi connectivity index (χ3v) is 3.15. The summed E-state index contributed by atoms with van der Waals surface area (Å²) < 4.78 is 0. The molecule has 0 fully saturated rings. The molecule has 0 saturated carbocycles. The summed E-state index contributed by atoms with van der Waals surface area (Å²) in [6.45, 7) is 5.17. The molecule has 0 aliphatic carbocycles. The van der Waals surface area contributed by atoms with Crippen molar-refractivity contribution >= 4 is 28.5 Å². The SMILES string of the molecule is CCN(CCC(N)=S)Cc1cccs1. The second-order valence-electron chi connectivity index (χ2n) is 3.16. The van der Waals surface area contributed by atoms with Gasteiger partial charge in [0.25, 0.3) is 0 Å². The zero-order chi connectivity index (χ0) is 10.4. The molecule has 2 N–H and O–H groups in total. The lowest BCUT2D eigenvalue weighted by Gasteiger charge is -2.18. The highest BCUT2D eigenvalue weighted by molar-refractivity contribution is 7.80. The van der Waals surface area contributed by atoms with Gasteiger partial charge < -0.3 is 5.73 Å². The number of nitrogens with two attached hydrogens (primary N) is 1. The summed E-state index contributed by atoms with van der Waals surface area (Å²) in [5.74, 6) is 0. The Morgan fingerprint density at radius 3 is 2.93 bits per heavy atom. The molecule has 0 aliphatic heterocycles. The molecule has 0 radical (unpaired) electrons. The molecule has 4 heteroatoms. The van der Waals surface area contributed by atoms with Gasteiger partial charge in [-0.3, -0.25) is 4.90 Å². The van der Waals surface area contributed by atoms with E-state index in [1.54, 1.807) is 11.3 Å². The summed E-state index contributed by atoms with van der Waals surface area (Å²) in [5.41, 5.74) is 5.48. The number of hydrogen-bond acceptors (Lipinski definition) is 3. The molecule has 0 unspecified atom stereocenters. The van der Waals surface area contributed by atoms with Gasteiger partial charge in [0.2, 0.25) is 0 Å². The standard InChI is InChI=1S/C10H16N2S2/c1-2-12(6-5-10(11)13)8-9-4-3-7-14-9/h3-4,7H,2,5-6,8H2,1H3,(H2,11,13). The second-order valence-corrected chi connectivity index (χ2v) is 4.72. The molecular weight excluding hydrogens is 212 g/mol. The summed E-state index contributed by atoms with van der Waals surface area (Å²) in [6.07, 6.45) is 0.814. The maximum absolute atomic E-state index is 5.48. The molecule has 1 aromatic rings. The van der Waals surface area contributed by atoms with Gasteiger partial charge in [-0.2, -0.15) is 0 Å². The van der Waals surface area contributed by atoms with Crippen LogP contribution < -0.4 is 5.73 Å². The smallest absolute Gasteiger partial charge is 0.0740 e. The topological polar surface area (TPSA) is 29.3 Å². The van der Waals surface area contributed by atoms with E-state index in [2.05, 4.69) is 29.3 Å². The Balaban J connectivity index is 2.35. The molecule has 14 heavy (non-hydrogen) atoms. The van der Waals surface area contributed by atoms with Crippen molar-refractivity contribution in [2.45, 2.75) is 19.9 Å².